The largest absolute Gasteiger partial charge is 0.354 e. The van der Waals surface area contributed by atoms with Gasteiger partial charge in [0, 0.05) is 44.0 Å². The van der Waals surface area contributed by atoms with Crippen LogP contribution in [0.2, 0.25) is 0 Å². The van der Waals surface area contributed by atoms with Crippen LogP contribution in [0.3, 0.4) is 0 Å². The van der Waals surface area contributed by atoms with Crippen molar-refractivity contribution in [2.75, 3.05) is 38.0 Å². The van der Waals surface area contributed by atoms with Crippen molar-refractivity contribution in [1.29, 1.82) is 0 Å². The number of hydrogen-bond donors (Lipinski definition) is 4. The van der Waals surface area contributed by atoms with Crippen molar-refractivity contribution in [2.24, 2.45) is 16.9 Å². The lowest BCUT2D eigenvalue weighted by Gasteiger charge is -2.71. The number of nitrogens with two attached hydrogens (primary N) is 2. The van der Waals surface area contributed by atoms with Crippen LogP contribution in [0.5, 0.6) is 0 Å². The molecule has 3 saturated carbocycles. The van der Waals surface area contributed by atoms with Crippen LogP contribution in [0.25, 0.3) is 5.69 Å². The molecule has 1 aromatic heterocycles. The number of piperazine rings is 1. The molecule has 11 nitrogen and oxygen atoms in total. The number of halogens is 1. The minimum absolute atomic E-state index is 0. The smallest absolute Gasteiger partial charge is 0.338 e. The topological polar surface area (TPSA) is 152 Å². The molecule has 218 valence electrons. The molecule has 1 unspecified atom stereocenters. The second-order valence-corrected chi connectivity index (χ2v) is 12.3. The Balaban J connectivity index is 0.00000370. The summed E-state index contributed by atoms with van der Waals surface area (Å²) in [5, 5.41) is 6.49. The van der Waals surface area contributed by atoms with Gasteiger partial charge in [0.2, 0.25) is 5.91 Å². The van der Waals surface area contributed by atoms with E-state index in [4.69, 9.17) is 11.5 Å². The van der Waals surface area contributed by atoms with E-state index in [1.807, 2.05) is 24.3 Å². The molecule has 40 heavy (non-hydrogen) atoms. The standard InChI is InChI=1S/C28H40N8O3.ClH/c1-19(33-28-15-27(16-28,17-28)18-29)14-20-4-6-21(7-5-20)36-9-8-22(32-25(36)39)31-24(38)35-12-10-34(11-13-35)23(37)26(2,3)30;/h4-9,19,33H,10-18,29-30H2,1-3H3,(H,31,32,38,39);1H. The molecule has 4 aliphatic rings. The first-order chi connectivity index (χ1) is 18.4. The molecule has 1 saturated heterocycles. The summed E-state index contributed by atoms with van der Waals surface area (Å²) in [5.74, 6) is 0.0435. The Morgan fingerprint density at radius 3 is 2.20 bits per heavy atom. The highest BCUT2D eigenvalue weighted by atomic mass is 35.5. The number of nitrogens with one attached hydrogen (secondary N) is 2. The van der Waals surface area contributed by atoms with Crippen LogP contribution in [0.15, 0.2) is 41.3 Å². The molecule has 1 aliphatic heterocycles. The number of benzene rings is 1. The van der Waals surface area contributed by atoms with Gasteiger partial charge >= 0.3 is 11.7 Å². The zero-order chi connectivity index (χ0) is 28.0. The number of aromatic nitrogens is 2. The molecular weight excluding hydrogens is 532 g/mol. The third kappa shape index (κ3) is 6.02. The van der Waals surface area contributed by atoms with E-state index in [2.05, 4.69) is 22.5 Å². The van der Waals surface area contributed by atoms with Crippen molar-refractivity contribution in [3.8, 4) is 5.69 Å². The van der Waals surface area contributed by atoms with Gasteiger partial charge in [-0.25, -0.2) is 9.59 Å². The highest BCUT2D eigenvalue weighted by molar-refractivity contribution is 5.89. The average molecular weight is 573 g/mol. The summed E-state index contributed by atoms with van der Waals surface area (Å²) in [6.45, 7) is 7.91. The van der Waals surface area contributed by atoms with Gasteiger partial charge in [-0.3, -0.25) is 14.7 Å². The summed E-state index contributed by atoms with van der Waals surface area (Å²) in [6.07, 6.45) is 6.09. The van der Waals surface area contributed by atoms with Gasteiger partial charge in [-0.05, 0) is 82.2 Å². The van der Waals surface area contributed by atoms with E-state index in [1.54, 1.807) is 35.9 Å². The van der Waals surface area contributed by atoms with Crippen molar-refractivity contribution in [3.63, 3.8) is 0 Å². The maximum Gasteiger partial charge on any atom is 0.354 e. The number of carbonyl (C=O) groups is 2. The summed E-state index contributed by atoms with van der Waals surface area (Å²) in [6, 6.07) is 9.50. The fraction of sp³-hybridized carbons (Fsp3) is 0.571. The minimum Gasteiger partial charge on any atom is -0.338 e. The van der Waals surface area contributed by atoms with Gasteiger partial charge in [0.15, 0.2) is 0 Å². The Kier molecular flexibility index (Phi) is 8.33. The number of nitrogens with zero attached hydrogens (tertiary/aromatic N) is 4. The molecule has 0 spiro atoms. The summed E-state index contributed by atoms with van der Waals surface area (Å²) in [5.41, 5.74) is 13.0. The van der Waals surface area contributed by atoms with Crippen LogP contribution in [0.1, 0.15) is 45.6 Å². The van der Waals surface area contributed by atoms with E-state index in [0.717, 1.165) is 13.0 Å². The number of amides is 3. The second kappa shape index (κ2) is 11.1. The fourth-order valence-electron chi connectivity index (χ4n) is 6.47. The van der Waals surface area contributed by atoms with E-state index >= 15 is 0 Å². The molecular formula is C28H41ClN8O3. The number of rotatable bonds is 8. The quantitative estimate of drug-likeness (QED) is 0.374. The Morgan fingerprint density at radius 2 is 1.65 bits per heavy atom. The molecule has 1 atom stereocenters. The molecule has 2 aromatic rings. The molecule has 6 N–H and O–H groups in total. The van der Waals surface area contributed by atoms with E-state index < -0.39 is 11.2 Å². The maximum absolute atomic E-state index is 12.7. The van der Waals surface area contributed by atoms with Crippen molar-refractivity contribution >= 4 is 30.2 Å². The average Bonchev–Trinajstić information content (AvgIpc) is 2.85. The van der Waals surface area contributed by atoms with Gasteiger partial charge in [0.25, 0.3) is 0 Å². The fourth-order valence-corrected chi connectivity index (χ4v) is 6.47. The lowest BCUT2D eigenvalue weighted by Crippen LogP contribution is -2.76. The summed E-state index contributed by atoms with van der Waals surface area (Å²) < 4.78 is 1.45. The van der Waals surface area contributed by atoms with Crippen LogP contribution < -0.4 is 27.8 Å². The first-order valence-corrected chi connectivity index (χ1v) is 13.7. The highest BCUT2D eigenvalue weighted by Gasteiger charge is 2.66. The second-order valence-electron chi connectivity index (χ2n) is 12.3. The normalized spacial score (nSPS) is 24.3. The van der Waals surface area contributed by atoms with Gasteiger partial charge in [0.05, 0.1) is 11.2 Å². The Labute approximate surface area is 241 Å². The van der Waals surface area contributed by atoms with Crippen LogP contribution in [0, 0.1) is 5.41 Å². The molecule has 6 rings (SSSR count). The molecule has 3 amide bonds. The molecule has 2 heterocycles. The monoisotopic (exact) mass is 572 g/mol. The van der Waals surface area contributed by atoms with Crippen molar-refractivity contribution in [1.82, 2.24) is 24.7 Å². The van der Waals surface area contributed by atoms with E-state index in [0.29, 0.717) is 48.9 Å². The predicted molar refractivity (Wildman–Crippen MR) is 157 cm³/mol. The molecule has 3 aliphatic carbocycles. The third-order valence-electron chi connectivity index (χ3n) is 8.33. The maximum atomic E-state index is 12.7. The van der Waals surface area contributed by atoms with Gasteiger partial charge in [-0.1, -0.05) is 12.1 Å². The van der Waals surface area contributed by atoms with E-state index in [-0.39, 0.29) is 30.2 Å². The summed E-state index contributed by atoms with van der Waals surface area (Å²) >= 11 is 0. The van der Waals surface area contributed by atoms with Crippen molar-refractivity contribution < 1.29 is 9.59 Å². The number of carbonyl (C=O) groups excluding carboxylic acids is 2. The Hall–Kier alpha value is -2.99. The molecule has 0 radical (unpaired) electrons. The first kappa shape index (κ1) is 30.0. The SMILES string of the molecule is CC(Cc1ccc(-n2ccc(NC(=O)N3CCN(C(=O)C(C)(C)N)CC3)nc2=O)cc1)NC12CC(CN)(C1)C2.Cl. The summed E-state index contributed by atoms with van der Waals surface area (Å²) in [4.78, 5) is 45.1. The van der Waals surface area contributed by atoms with Gasteiger partial charge in [0.1, 0.15) is 5.82 Å². The van der Waals surface area contributed by atoms with Crippen LogP contribution in [0.4, 0.5) is 10.6 Å². The lowest BCUT2D eigenvalue weighted by molar-refractivity contribution is -0.150. The van der Waals surface area contributed by atoms with Crippen LogP contribution in [-0.2, 0) is 11.2 Å². The zero-order valence-corrected chi connectivity index (χ0v) is 24.3. The number of urea groups is 1. The van der Waals surface area contributed by atoms with Gasteiger partial charge in [-0.15, -0.1) is 12.4 Å². The number of hydrogen-bond acceptors (Lipinski definition) is 7. The van der Waals surface area contributed by atoms with Crippen LogP contribution >= 0.6 is 12.4 Å². The molecule has 4 fully saturated rings. The predicted octanol–water partition coefficient (Wildman–Crippen LogP) is 1.47. The highest BCUT2D eigenvalue weighted by Crippen LogP contribution is 2.66. The van der Waals surface area contributed by atoms with E-state index in [1.165, 1.54) is 29.4 Å². The molecule has 1 aromatic carbocycles. The lowest BCUT2D eigenvalue weighted by atomic mass is 9.39. The first-order valence-electron chi connectivity index (χ1n) is 13.7. The molecule has 12 heteroatoms. The van der Waals surface area contributed by atoms with Crippen molar-refractivity contribution in [2.45, 2.75) is 63.6 Å². The van der Waals surface area contributed by atoms with Crippen molar-refractivity contribution in [3.05, 3.63) is 52.6 Å². The summed E-state index contributed by atoms with van der Waals surface area (Å²) in [7, 11) is 0. The third-order valence-corrected chi connectivity index (χ3v) is 8.33. The van der Waals surface area contributed by atoms with E-state index in [9.17, 15) is 14.4 Å². The number of anilines is 1. The zero-order valence-electron chi connectivity index (χ0n) is 23.5. The van der Waals surface area contributed by atoms with Crippen LogP contribution in [-0.4, -0.2) is 81.1 Å². The van der Waals surface area contributed by atoms with Gasteiger partial charge < -0.3 is 26.6 Å². The Morgan fingerprint density at radius 1 is 1.05 bits per heavy atom. The molecule has 2 bridgehead atoms. The van der Waals surface area contributed by atoms with Gasteiger partial charge in [-0.2, -0.15) is 4.98 Å². The Bertz CT molecular complexity index is 1280. The minimum atomic E-state index is -0.946.